The molecule has 0 aromatic heterocycles. The smallest absolute Gasteiger partial charge is 0.0486 e. The second-order valence-electron chi connectivity index (χ2n) is 2.04. The van der Waals surface area contributed by atoms with Crippen molar-refractivity contribution in [3.8, 4) is 24.2 Å². The zero-order valence-electron chi connectivity index (χ0n) is 6.70. The van der Waals surface area contributed by atoms with Gasteiger partial charge in [-0.2, -0.15) is 0 Å². The van der Waals surface area contributed by atoms with Crippen molar-refractivity contribution in [2.24, 2.45) is 0 Å². The third-order valence-corrected chi connectivity index (χ3v) is 1.30. The molecule has 0 unspecified atom stereocenters. The van der Waals surface area contributed by atoms with E-state index >= 15 is 0 Å². The van der Waals surface area contributed by atoms with Gasteiger partial charge in [0.05, 0.1) is 0 Å². The van der Waals surface area contributed by atoms with Gasteiger partial charge < -0.3 is 0 Å². The normalized spacial score (nSPS) is 8.20. The van der Waals surface area contributed by atoms with E-state index in [2.05, 4.69) is 24.7 Å². The summed E-state index contributed by atoms with van der Waals surface area (Å²) in [7, 11) is 0. The van der Waals surface area contributed by atoms with Gasteiger partial charge in [-0.05, 0) is 19.8 Å². The monoisotopic (exact) mass is 133 g/mol. The summed E-state index contributed by atoms with van der Waals surface area (Å²) in [6, 6.07) is 0. The third kappa shape index (κ3) is 4.04. The molecule has 0 N–H and O–H groups in total. The lowest BCUT2D eigenvalue weighted by molar-refractivity contribution is 0.844. The van der Waals surface area contributed by atoms with E-state index in [1.54, 1.807) is 0 Å². The van der Waals surface area contributed by atoms with Crippen molar-refractivity contribution in [2.45, 2.75) is 33.1 Å². The van der Waals surface area contributed by atoms with Gasteiger partial charge in [0, 0.05) is 12.3 Å². The van der Waals surface area contributed by atoms with Gasteiger partial charge in [-0.25, -0.2) is 0 Å². The number of hydrogen-bond acceptors (Lipinski definition) is 0. The van der Waals surface area contributed by atoms with Crippen molar-refractivity contribution in [2.75, 3.05) is 0 Å². The zero-order chi connectivity index (χ0) is 7.82. The maximum atomic E-state index is 5.12. The van der Waals surface area contributed by atoms with E-state index in [4.69, 9.17) is 6.42 Å². The Morgan fingerprint density at radius 3 is 2.60 bits per heavy atom. The standard InChI is InChI=1S/C10H13/c1-4-7-9-10(6-3)8-5-2/h1H,6-7,9H2,2-3H3. The molecule has 0 saturated heterocycles. The number of hydrogen-bond donors (Lipinski definition) is 0. The predicted octanol–water partition coefficient (Wildman–Crippen LogP) is 2.41. The molecule has 0 rings (SSSR count). The molecule has 0 heteroatoms. The Balaban J connectivity index is 3.59. The highest BCUT2D eigenvalue weighted by Gasteiger charge is 1.99. The topological polar surface area (TPSA) is 0 Å². The van der Waals surface area contributed by atoms with Gasteiger partial charge in [0.25, 0.3) is 0 Å². The van der Waals surface area contributed by atoms with Crippen LogP contribution in [0.5, 0.6) is 0 Å². The van der Waals surface area contributed by atoms with Crippen LogP contribution in [0.15, 0.2) is 0 Å². The van der Waals surface area contributed by atoms with Crippen LogP contribution >= 0.6 is 0 Å². The molecule has 0 aromatic rings. The molecule has 0 aliphatic heterocycles. The Morgan fingerprint density at radius 1 is 1.50 bits per heavy atom. The lowest BCUT2D eigenvalue weighted by Gasteiger charge is -2.01. The van der Waals surface area contributed by atoms with Gasteiger partial charge in [-0.1, -0.05) is 12.8 Å². The Morgan fingerprint density at radius 2 is 2.20 bits per heavy atom. The summed E-state index contributed by atoms with van der Waals surface area (Å²) >= 11 is 0. The van der Waals surface area contributed by atoms with Crippen molar-refractivity contribution < 1.29 is 0 Å². The Labute approximate surface area is 64.0 Å². The number of terminal acetylenes is 1. The molecule has 0 bridgehead atoms. The van der Waals surface area contributed by atoms with Crippen LogP contribution in [-0.2, 0) is 0 Å². The second-order valence-corrected chi connectivity index (χ2v) is 2.04. The minimum absolute atomic E-state index is 0.817. The van der Waals surface area contributed by atoms with Crippen LogP contribution < -0.4 is 0 Å². The van der Waals surface area contributed by atoms with Crippen molar-refractivity contribution in [3.05, 3.63) is 5.92 Å². The fourth-order valence-corrected chi connectivity index (χ4v) is 0.727. The Bertz CT molecular complexity index is 161. The highest BCUT2D eigenvalue weighted by Crippen LogP contribution is 2.10. The molecule has 1 radical (unpaired) electrons. The van der Waals surface area contributed by atoms with E-state index in [1.807, 2.05) is 6.92 Å². The maximum absolute atomic E-state index is 5.12. The number of rotatable bonds is 3. The van der Waals surface area contributed by atoms with Crippen molar-refractivity contribution in [3.63, 3.8) is 0 Å². The van der Waals surface area contributed by atoms with E-state index in [0.29, 0.717) is 0 Å². The van der Waals surface area contributed by atoms with E-state index in [-0.39, 0.29) is 0 Å². The summed E-state index contributed by atoms with van der Waals surface area (Å²) in [4.78, 5) is 0. The molecule has 10 heavy (non-hydrogen) atoms. The lowest BCUT2D eigenvalue weighted by Crippen LogP contribution is -1.90. The molecule has 0 fully saturated rings. The molecule has 0 saturated carbocycles. The lowest BCUT2D eigenvalue weighted by atomic mass is 10.0. The summed E-state index contributed by atoms with van der Waals surface area (Å²) in [6.07, 6.45) is 7.93. The Kier molecular flexibility index (Phi) is 5.69. The van der Waals surface area contributed by atoms with Crippen LogP contribution in [0.4, 0.5) is 0 Å². The Hall–Kier alpha value is -0.880. The average molecular weight is 133 g/mol. The van der Waals surface area contributed by atoms with Gasteiger partial charge in [0.15, 0.2) is 0 Å². The summed E-state index contributed by atoms with van der Waals surface area (Å²) in [5.74, 6) is 9.78. The van der Waals surface area contributed by atoms with E-state index in [9.17, 15) is 0 Å². The molecule has 0 aliphatic carbocycles. The van der Waals surface area contributed by atoms with Gasteiger partial charge in [0.2, 0.25) is 0 Å². The minimum atomic E-state index is 0.817. The van der Waals surface area contributed by atoms with Crippen molar-refractivity contribution in [1.82, 2.24) is 0 Å². The van der Waals surface area contributed by atoms with Crippen LogP contribution in [0.1, 0.15) is 33.1 Å². The maximum Gasteiger partial charge on any atom is 0.0486 e. The van der Waals surface area contributed by atoms with Crippen LogP contribution in [0.2, 0.25) is 0 Å². The van der Waals surface area contributed by atoms with Crippen LogP contribution in [0.25, 0.3) is 0 Å². The first kappa shape index (κ1) is 9.12. The highest BCUT2D eigenvalue weighted by atomic mass is 14.0. The predicted molar refractivity (Wildman–Crippen MR) is 45.1 cm³/mol. The first-order chi connectivity index (χ1) is 4.85. The molecular weight excluding hydrogens is 120 g/mol. The largest absolute Gasteiger partial charge is 0.120 e. The summed E-state index contributed by atoms with van der Waals surface area (Å²) in [5.41, 5.74) is 0. The third-order valence-electron chi connectivity index (χ3n) is 1.30. The summed E-state index contributed by atoms with van der Waals surface area (Å²) in [6.45, 7) is 3.96. The fourth-order valence-electron chi connectivity index (χ4n) is 0.727. The van der Waals surface area contributed by atoms with Gasteiger partial charge in [-0.15, -0.1) is 18.3 Å². The molecule has 0 nitrogen and oxygen atoms in total. The van der Waals surface area contributed by atoms with Crippen LogP contribution in [0.3, 0.4) is 0 Å². The van der Waals surface area contributed by atoms with Gasteiger partial charge >= 0.3 is 0 Å². The summed E-state index contributed by atoms with van der Waals surface area (Å²) < 4.78 is 0. The highest BCUT2D eigenvalue weighted by molar-refractivity contribution is 5.20. The van der Waals surface area contributed by atoms with Gasteiger partial charge in [0.1, 0.15) is 0 Å². The molecule has 0 amide bonds. The molecule has 53 valence electrons. The second kappa shape index (κ2) is 6.24. The van der Waals surface area contributed by atoms with Crippen molar-refractivity contribution in [1.29, 1.82) is 0 Å². The molecular formula is C10H13. The molecule has 0 atom stereocenters. The van der Waals surface area contributed by atoms with Gasteiger partial charge in [-0.3, -0.25) is 0 Å². The fraction of sp³-hybridized carbons (Fsp3) is 0.500. The van der Waals surface area contributed by atoms with Crippen LogP contribution in [0, 0.1) is 30.1 Å². The van der Waals surface area contributed by atoms with E-state index in [1.165, 1.54) is 5.92 Å². The quantitative estimate of drug-likeness (QED) is 0.519. The van der Waals surface area contributed by atoms with Crippen molar-refractivity contribution >= 4 is 0 Å². The SMILES string of the molecule is C#CCC[C](C#CC)CC. The minimum Gasteiger partial charge on any atom is -0.120 e. The first-order valence-corrected chi connectivity index (χ1v) is 3.56. The first-order valence-electron chi connectivity index (χ1n) is 3.56. The molecule has 0 aliphatic rings. The molecule has 0 aromatic carbocycles. The zero-order valence-corrected chi connectivity index (χ0v) is 6.70. The molecule has 0 spiro atoms. The van der Waals surface area contributed by atoms with E-state index in [0.717, 1.165) is 19.3 Å². The molecule has 0 heterocycles. The van der Waals surface area contributed by atoms with E-state index < -0.39 is 0 Å². The summed E-state index contributed by atoms with van der Waals surface area (Å²) in [5, 5.41) is 0. The average Bonchev–Trinajstić information content (AvgIpc) is 1.98. The van der Waals surface area contributed by atoms with Crippen LogP contribution in [-0.4, -0.2) is 0 Å².